The maximum atomic E-state index is 12.2. The van der Waals surface area contributed by atoms with Crippen molar-refractivity contribution in [2.24, 2.45) is 0 Å². The number of hydrogen-bond donors (Lipinski definition) is 2. The molecule has 0 radical (unpaired) electrons. The number of anilines is 2. The number of pyridine rings is 1. The molecular weight excluding hydrogens is 274 g/mol. The summed E-state index contributed by atoms with van der Waals surface area (Å²) in [6.07, 6.45) is 1.60. The van der Waals surface area contributed by atoms with E-state index in [1.54, 1.807) is 18.3 Å². The summed E-state index contributed by atoms with van der Waals surface area (Å²) in [6, 6.07) is 9.01. The van der Waals surface area contributed by atoms with Gasteiger partial charge in [-0.15, -0.1) is 0 Å². The molecule has 1 heterocycles. The van der Waals surface area contributed by atoms with Crippen LogP contribution in [0, 0.1) is 6.92 Å². The van der Waals surface area contributed by atoms with Crippen molar-refractivity contribution in [3.8, 4) is 0 Å². The molecule has 0 aliphatic rings. The Hall–Kier alpha value is -2.07. The van der Waals surface area contributed by atoms with E-state index >= 15 is 0 Å². The Bertz CT molecular complexity index is 628. The summed E-state index contributed by atoms with van der Waals surface area (Å²) in [6.45, 7) is 4.72. The minimum Gasteiger partial charge on any atom is -0.385 e. The van der Waals surface area contributed by atoms with Gasteiger partial charge in [0.25, 0.3) is 5.91 Å². The number of rotatable bonds is 4. The van der Waals surface area contributed by atoms with E-state index < -0.39 is 0 Å². The number of halogens is 1. The van der Waals surface area contributed by atoms with Crippen LogP contribution in [0.5, 0.6) is 0 Å². The number of carbonyl (C=O) groups excluding carboxylic acids is 1. The molecule has 2 rings (SSSR count). The second-order valence-corrected chi connectivity index (χ2v) is 4.80. The molecule has 2 aromatic rings. The molecule has 1 amide bonds. The number of aromatic nitrogens is 1. The van der Waals surface area contributed by atoms with Gasteiger partial charge in [-0.05, 0) is 43.7 Å². The number of nitrogens with one attached hydrogen (secondary N) is 2. The predicted molar refractivity (Wildman–Crippen MR) is 82.5 cm³/mol. The van der Waals surface area contributed by atoms with Gasteiger partial charge >= 0.3 is 0 Å². The summed E-state index contributed by atoms with van der Waals surface area (Å²) < 4.78 is 0. The summed E-state index contributed by atoms with van der Waals surface area (Å²) in [4.78, 5) is 16.2. The fourth-order valence-electron chi connectivity index (χ4n) is 1.79. The Morgan fingerprint density at radius 3 is 2.85 bits per heavy atom. The van der Waals surface area contributed by atoms with Crippen LogP contribution in [0.4, 0.5) is 11.4 Å². The number of nitrogens with zero attached hydrogens (tertiary/aromatic N) is 1. The van der Waals surface area contributed by atoms with Crippen LogP contribution < -0.4 is 10.6 Å². The van der Waals surface area contributed by atoms with Gasteiger partial charge in [-0.3, -0.25) is 9.78 Å². The topological polar surface area (TPSA) is 54.0 Å². The Kier molecular flexibility index (Phi) is 4.58. The van der Waals surface area contributed by atoms with Crippen LogP contribution >= 0.6 is 11.6 Å². The number of carbonyl (C=O) groups is 1. The molecule has 0 spiro atoms. The largest absolute Gasteiger partial charge is 0.385 e. The van der Waals surface area contributed by atoms with E-state index in [9.17, 15) is 4.79 Å². The first-order valence-corrected chi connectivity index (χ1v) is 6.75. The first-order valence-electron chi connectivity index (χ1n) is 6.37. The van der Waals surface area contributed by atoms with E-state index in [4.69, 9.17) is 11.6 Å². The minimum absolute atomic E-state index is 0.280. The molecule has 0 aliphatic heterocycles. The molecule has 0 unspecified atom stereocenters. The molecule has 2 N–H and O–H groups in total. The van der Waals surface area contributed by atoms with E-state index in [2.05, 4.69) is 15.6 Å². The van der Waals surface area contributed by atoms with Gasteiger partial charge in [0.15, 0.2) is 0 Å². The number of aryl methyl sites for hydroxylation is 1. The van der Waals surface area contributed by atoms with Crippen molar-refractivity contribution in [3.63, 3.8) is 0 Å². The third-order valence-corrected chi connectivity index (χ3v) is 3.07. The molecule has 0 fully saturated rings. The second-order valence-electron chi connectivity index (χ2n) is 4.40. The molecule has 0 bridgehead atoms. The first-order chi connectivity index (χ1) is 9.60. The maximum absolute atomic E-state index is 12.2. The van der Waals surface area contributed by atoms with E-state index in [-0.39, 0.29) is 5.91 Å². The van der Waals surface area contributed by atoms with Crippen molar-refractivity contribution in [1.82, 2.24) is 4.98 Å². The molecule has 104 valence electrons. The Labute approximate surface area is 123 Å². The van der Waals surface area contributed by atoms with Gasteiger partial charge in [0.05, 0.1) is 10.7 Å². The lowest BCUT2D eigenvalue weighted by Crippen LogP contribution is -2.14. The van der Waals surface area contributed by atoms with Crippen molar-refractivity contribution in [3.05, 3.63) is 52.8 Å². The number of benzene rings is 1. The lowest BCUT2D eigenvalue weighted by atomic mass is 10.2. The minimum atomic E-state index is -0.280. The molecule has 0 aliphatic carbocycles. The highest BCUT2D eigenvalue weighted by atomic mass is 35.5. The van der Waals surface area contributed by atoms with Crippen LogP contribution in [0.2, 0.25) is 5.02 Å². The zero-order valence-electron chi connectivity index (χ0n) is 11.4. The van der Waals surface area contributed by atoms with Crippen molar-refractivity contribution in [1.29, 1.82) is 0 Å². The Morgan fingerprint density at radius 2 is 2.10 bits per heavy atom. The van der Waals surface area contributed by atoms with Gasteiger partial charge in [-0.1, -0.05) is 17.7 Å². The third-order valence-electron chi connectivity index (χ3n) is 2.74. The molecule has 20 heavy (non-hydrogen) atoms. The van der Waals surface area contributed by atoms with Crippen molar-refractivity contribution < 1.29 is 4.79 Å². The molecule has 1 aromatic heterocycles. The molecule has 5 heteroatoms. The smallest absolute Gasteiger partial charge is 0.274 e. The van der Waals surface area contributed by atoms with E-state index in [1.807, 2.05) is 32.0 Å². The van der Waals surface area contributed by atoms with Crippen LogP contribution in [-0.2, 0) is 0 Å². The van der Waals surface area contributed by atoms with Crippen LogP contribution in [-0.4, -0.2) is 17.4 Å². The lowest BCUT2D eigenvalue weighted by molar-refractivity contribution is 0.102. The molecule has 0 atom stereocenters. The highest BCUT2D eigenvalue weighted by Crippen LogP contribution is 2.23. The molecule has 1 aromatic carbocycles. The third kappa shape index (κ3) is 3.48. The monoisotopic (exact) mass is 289 g/mol. The molecule has 0 saturated carbocycles. The van der Waals surface area contributed by atoms with Gasteiger partial charge in [0, 0.05) is 18.4 Å². The van der Waals surface area contributed by atoms with E-state index in [1.165, 1.54) is 0 Å². The molecule has 4 nitrogen and oxygen atoms in total. The quantitative estimate of drug-likeness (QED) is 0.902. The van der Waals surface area contributed by atoms with Crippen LogP contribution in [0.1, 0.15) is 23.0 Å². The first kappa shape index (κ1) is 14.3. The van der Waals surface area contributed by atoms with Gasteiger partial charge < -0.3 is 10.6 Å². The van der Waals surface area contributed by atoms with Crippen LogP contribution in [0.3, 0.4) is 0 Å². The zero-order chi connectivity index (χ0) is 14.5. The van der Waals surface area contributed by atoms with Gasteiger partial charge in [0.1, 0.15) is 5.69 Å². The van der Waals surface area contributed by atoms with Gasteiger partial charge in [-0.25, -0.2) is 0 Å². The van der Waals surface area contributed by atoms with Gasteiger partial charge in [-0.2, -0.15) is 0 Å². The number of amides is 1. The Balaban J connectivity index is 2.19. The maximum Gasteiger partial charge on any atom is 0.274 e. The zero-order valence-corrected chi connectivity index (χ0v) is 12.2. The summed E-state index contributed by atoms with van der Waals surface area (Å²) >= 11 is 6.06. The highest BCUT2D eigenvalue weighted by molar-refractivity contribution is 6.33. The van der Waals surface area contributed by atoms with E-state index in [0.29, 0.717) is 16.4 Å². The average Bonchev–Trinajstić information content (AvgIpc) is 2.43. The fraction of sp³-hybridized carbons (Fsp3) is 0.200. The second kappa shape index (κ2) is 6.39. The normalized spacial score (nSPS) is 10.2. The number of hydrogen-bond acceptors (Lipinski definition) is 3. The molecular formula is C15H16ClN3O. The van der Waals surface area contributed by atoms with E-state index in [0.717, 1.165) is 17.8 Å². The predicted octanol–water partition coefficient (Wildman–Crippen LogP) is 3.73. The molecule has 0 saturated heterocycles. The Morgan fingerprint density at radius 1 is 1.30 bits per heavy atom. The lowest BCUT2D eigenvalue weighted by Gasteiger charge is -2.09. The average molecular weight is 290 g/mol. The standard InChI is InChI=1S/C15H16ClN3O/c1-3-17-11-6-7-18-14(9-11)15(20)19-13-8-10(2)4-5-12(13)16/h4-9H,3H2,1-2H3,(H,17,18)(H,19,20). The summed E-state index contributed by atoms with van der Waals surface area (Å²) in [5, 5.41) is 6.42. The van der Waals surface area contributed by atoms with Crippen molar-refractivity contribution in [2.75, 3.05) is 17.2 Å². The SMILES string of the molecule is CCNc1ccnc(C(=O)Nc2cc(C)ccc2Cl)c1. The summed E-state index contributed by atoms with van der Waals surface area (Å²) in [5.74, 6) is -0.280. The van der Waals surface area contributed by atoms with Crippen LogP contribution in [0.25, 0.3) is 0 Å². The van der Waals surface area contributed by atoms with Crippen LogP contribution in [0.15, 0.2) is 36.5 Å². The fourth-order valence-corrected chi connectivity index (χ4v) is 1.95. The van der Waals surface area contributed by atoms with Crippen molar-refractivity contribution >= 4 is 28.9 Å². The highest BCUT2D eigenvalue weighted by Gasteiger charge is 2.10. The van der Waals surface area contributed by atoms with Gasteiger partial charge in [0.2, 0.25) is 0 Å². The van der Waals surface area contributed by atoms with Crippen molar-refractivity contribution in [2.45, 2.75) is 13.8 Å². The summed E-state index contributed by atoms with van der Waals surface area (Å²) in [5.41, 5.74) is 2.83. The summed E-state index contributed by atoms with van der Waals surface area (Å²) in [7, 11) is 0.